The van der Waals surface area contributed by atoms with Crippen molar-refractivity contribution in [3.63, 3.8) is 0 Å². The fourth-order valence-corrected chi connectivity index (χ4v) is 1.85. The Morgan fingerprint density at radius 1 is 1.60 bits per heavy atom. The summed E-state index contributed by atoms with van der Waals surface area (Å²) in [5.74, 6) is -1.12. The number of aliphatic hydroxyl groups is 1. The van der Waals surface area contributed by atoms with Gasteiger partial charge in [-0.15, -0.1) is 0 Å². The molecule has 0 saturated heterocycles. The lowest BCUT2D eigenvalue weighted by atomic mass is 9.95. The molecule has 1 aromatic rings. The standard InChI is InChI=1S/C10H14N2O3/c13-8(9(14)15)10(2-3-10)4-7-12-6-1-5-11-12/h1,5-6,8,13H,2-4,7H2,(H,14,15). The lowest BCUT2D eigenvalue weighted by molar-refractivity contribution is -0.150. The minimum absolute atomic E-state index is 0.405. The summed E-state index contributed by atoms with van der Waals surface area (Å²) in [5, 5.41) is 22.3. The molecule has 1 aliphatic rings. The van der Waals surface area contributed by atoms with Crippen LogP contribution in [-0.4, -0.2) is 32.1 Å². The van der Waals surface area contributed by atoms with Crippen LogP contribution in [0.15, 0.2) is 18.5 Å². The van der Waals surface area contributed by atoms with E-state index in [4.69, 9.17) is 5.11 Å². The highest BCUT2D eigenvalue weighted by Gasteiger charge is 2.51. The number of aliphatic hydroxyl groups excluding tert-OH is 1. The van der Waals surface area contributed by atoms with Gasteiger partial charge in [0.1, 0.15) is 0 Å². The summed E-state index contributed by atoms with van der Waals surface area (Å²) < 4.78 is 1.76. The molecular formula is C10H14N2O3. The zero-order chi connectivity index (χ0) is 10.9. The average Bonchev–Trinajstić information content (AvgIpc) is 2.82. The van der Waals surface area contributed by atoms with Gasteiger partial charge in [-0.1, -0.05) is 0 Å². The molecule has 0 aliphatic heterocycles. The van der Waals surface area contributed by atoms with Gasteiger partial charge >= 0.3 is 5.97 Å². The number of carboxylic acids is 1. The number of carbonyl (C=O) groups is 1. The van der Waals surface area contributed by atoms with Crippen LogP contribution in [0.4, 0.5) is 0 Å². The second-order valence-corrected chi connectivity index (χ2v) is 4.12. The molecule has 1 saturated carbocycles. The summed E-state index contributed by atoms with van der Waals surface area (Å²) in [4.78, 5) is 10.7. The van der Waals surface area contributed by atoms with Crippen LogP contribution in [0.5, 0.6) is 0 Å². The maximum atomic E-state index is 10.7. The number of carboxylic acid groups (broad SMARTS) is 1. The fraction of sp³-hybridized carbons (Fsp3) is 0.600. The van der Waals surface area contributed by atoms with Gasteiger partial charge < -0.3 is 10.2 Å². The number of aliphatic carboxylic acids is 1. The van der Waals surface area contributed by atoms with Crippen LogP contribution in [0.2, 0.25) is 0 Å². The maximum absolute atomic E-state index is 10.7. The molecule has 82 valence electrons. The summed E-state index contributed by atoms with van der Waals surface area (Å²) in [5.41, 5.74) is -0.405. The zero-order valence-corrected chi connectivity index (χ0v) is 8.33. The van der Waals surface area contributed by atoms with Crippen molar-refractivity contribution in [1.82, 2.24) is 9.78 Å². The maximum Gasteiger partial charge on any atom is 0.333 e. The van der Waals surface area contributed by atoms with Crippen molar-refractivity contribution in [1.29, 1.82) is 0 Å². The summed E-state index contributed by atoms with van der Waals surface area (Å²) in [6.07, 6.45) is 4.55. The summed E-state index contributed by atoms with van der Waals surface area (Å²) in [6.45, 7) is 0.664. The Balaban J connectivity index is 1.91. The average molecular weight is 210 g/mol. The molecule has 2 rings (SSSR count). The quantitative estimate of drug-likeness (QED) is 0.742. The van der Waals surface area contributed by atoms with E-state index in [9.17, 15) is 9.90 Å². The van der Waals surface area contributed by atoms with E-state index in [1.54, 1.807) is 10.9 Å². The monoisotopic (exact) mass is 210 g/mol. The topological polar surface area (TPSA) is 75.3 Å². The summed E-state index contributed by atoms with van der Waals surface area (Å²) >= 11 is 0. The lowest BCUT2D eigenvalue weighted by Gasteiger charge is -2.18. The van der Waals surface area contributed by atoms with Crippen molar-refractivity contribution in [3.8, 4) is 0 Å². The molecule has 5 nitrogen and oxygen atoms in total. The molecule has 1 aromatic heterocycles. The van der Waals surface area contributed by atoms with Crippen LogP contribution in [0.3, 0.4) is 0 Å². The van der Waals surface area contributed by atoms with Crippen molar-refractivity contribution in [3.05, 3.63) is 18.5 Å². The van der Waals surface area contributed by atoms with Crippen molar-refractivity contribution < 1.29 is 15.0 Å². The highest BCUT2D eigenvalue weighted by atomic mass is 16.4. The van der Waals surface area contributed by atoms with Crippen LogP contribution in [0.25, 0.3) is 0 Å². The van der Waals surface area contributed by atoms with E-state index in [1.807, 2.05) is 12.3 Å². The van der Waals surface area contributed by atoms with Gasteiger partial charge in [0.05, 0.1) is 0 Å². The van der Waals surface area contributed by atoms with E-state index in [0.717, 1.165) is 12.8 Å². The first-order valence-corrected chi connectivity index (χ1v) is 5.02. The van der Waals surface area contributed by atoms with E-state index < -0.39 is 17.5 Å². The Kier molecular flexibility index (Phi) is 2.48. The van der Waals surface area contributed by atoms with Gasteiger partial charge in [0.15, 0.2) is 6.10 Å². The second kappa shape index (κ2) is 3.66. The van der Waals surface area contributed by atoms with E-state index in [-0.39, 0.29) is 0 Å². The number of rotatable bonds is 5. The molecule has 1 atom stereocenters. The largest absolute Gasteiger partial charge is 0.479 e. The third kappa shape index (κ3) is 2.02. The molecule has 1 aliphatic carbocycles. The normalized spacial score (nSPS) is 19.8. The minimum atomic E-state index is -1.23. The van der Waals surface area contributed by atoms with E-state index in [1.165, 1.54) is 0 Å². The third-order valence-electron chi connectivity index (χ3n) is 3.10. The van der Waals surface area contributed by atoms with Crippen molar-refractivity contribution in [2.24, 2.45) is 5.41 Å². The SMILES string of the molecule is O=C(O)C(O)C1(CCn2cccn2)CC1. The number of hydrogen-bond donors (Lipinski definition) is 2. The lowest BCUT2D eigenvalue weighted by Crippen LogP contribution is -2.31. The molecular weight excluding hydrogens is 196 g/mol. The van der Waals surface area contributed by atoms with Gasteiger partial charge in [0.25, 0.3) is 0 Å². The number of aryl methyl sites for hydroxylation is 1. The highest BCUT2D eigenvalue weighted by Crippen LogP contribution is 2.52. The smallest absolute Gasteiger partial charge is 0.333 e. The molecule has 1 unspecified atom stereocenters. The Morgan fingerprint density at radius 3 is 2.80 bits per heavy atom. The number of hydrogen-bond acceptors (Lipinski definition) is 3. The molecule has 0 aromatic carbocycles. The van der Waals surface area contributed by atoms with Crippen molar-refractivity contribution in [2.75, 3.05) is 0 Å². The first-order valence-electron chi connectivity index (χ1n) is 5.02. The van der Waals surface area contributed by atoms with Crippen LogP contribution in [0.1, 0.15) is 19.3 Å². The minimum Gasteiger partial charge on any atom is -0.479 e. The molecule has 1 heterocycles. The van der Waals surface area contributed by atoms with Gasteiger partial charge in [-0.3, -0.25) is 4.68 Å². The molecule has 2 N–H and O–H groups in total. The van der Waals surface area contributed by atoms with E-state index in [2.05, 4.69) is 5.10 Å². The van der Waals surface area contributed by atoms with Crippen LogP contribution < -0.4 is 0 Å². The van der Waals surface area contributed by atoms with Gasteiger partial charge in [0.2, 0.25) is 0 Å². The summed E-state index contributed by atoms with van der Waals surface area (Å²) in [6, 6.07) is 1.83. The Hall–Kier alpha value is -1.36. The van der Waals surface area contributed by atoms with Gasteiger partial charge in [-0.05, 0) is 25.3 Å². The predicted octanol–water partition coefficient (Wildman–Crippen LogP) is 0.499. The molecule has 0 radical (unpaired) electrons. The second-order valence-electron chi connectivity index (χ2n) is 4.12. The molecule has 15 heavy (non-hydrogen) atoms. The van der Waals surface area contributed by atoms with E-state index in [0.29, 0.717) is 13.0 Å². The highest BCUT2D eigenvalue weighted by molar-refractivity contribution is 5.73. The Labute approximate surface area is 87.3 Å². The molecule has 0 amide bonds. The molecule has 5 heteroatoms. The number of nitrogens with zero attached hydrogens (tertiary/aromatic N) is 2. The predicted molar refractivity (Wildman–Crippen MR) is 52.2 cm³/mol. The van der Waals surface area contributed by atoms with Crippen LogP contribution in [0, 0.1) is 5.41 Å². The van der Waals surface area contributed by atoms with Gasteiger partial charge in [-0.2, -0.15) is 5.10 Å². The van der Waals surface area contributed by atoms with Crippen LogP contribution >= 0.6 is 0 Å². The fourth-order valence-electron chi connectivity index (χ4n) is 1.85. The number of aromatic nitrogens is 2. The zero-order valence-electron chi connectivity index (χ0n) is 8.33. The third-order valence-corrected chi connectivity index (χ3v) is 3.10. The Bertz CT molecular complexity index is 344. The van der Waals surface area contributed by atoms with Crippen molar-refractivity contribution >= 4 is 5.97 Å². The van der Waals surface area contributed by atoms with Gasteiger partial charge in [-0.25, -0.2) is 4.79 Å². The molecule has 0 spiro atoms. The Morgan fingerprint density at radius 2 is 2.33 bits per heavy atom. The van der Waals surface area contributed by atoms with E-state index >= 15 is 0 Å². The van der Waals surface area contributed by atoms with Gasteiger partial charge in [0, 0.05) is 24.4 Å². The summed E-state index contributed by atoms with van der Waals surface area (Å²) in [7, 11) is 0. The first kappa shape index (κ1) is 10.2. The van der Waals surface area contributed by atoms with Crippen LogP contribution in [-0.2, 0) is 11.3 Å². The molecule has 1 fully saturated rings. The molecule has 0 bridgehead atoms. The first-order chi connectivity index (χ1) is 7.14. The van der Waals surface area contributed by atoms with Crippen molar-refractivity contribution in [2.45, 2.75) is 31.9 Å².